The second kappa shape index (κ2) is 4.93. The predicted octanol–water partition coefficient (Wildman–Crippen LogP) is 4.70. The molecule has 0 saturated carbocycles. The van der Waals surface area contributed by atoms with E-state index in [0.717, 1.165) is 11.1 Å². The maximum absolute atomic E-state index is 6.51. The fourth-order valence-corrected chi connectivity index (χ4v) is 2.84. The minimum Gasteiger partial charge on any atom is -0.372 e. The number of benzene rings is 2. The third kappa shape index (κ3) is 2.14. The molecule has 0 amide bonds. The van der Waals surface area contributed by atoms with Crippen molar-refractivity contribution in [1.82, 2.24) is 0 Å². The van der Waals surface area contributed by atoms with Crippen LogP contribution in [-0.2, 0) is 18.0 Å². The second-order valence-corrected chi connectivity index (χ2v) is 5.25. The van der Waals surface area contributed by atoms with Gasteiger partial charge in [0.2, 0.25) is 0 Å². The normalized spacial score (nSPS) is 15.4. The van der Waals surface area contributed by atoms with Crippen molar-refractivity contribution < 1.29 is 4.74 Å². The SMILES string of the molecule is Clc1ccccc1C(Cl)c1ccc2c(c1)COC2. The summed E-state index contributed by atoms with van der Waals surface area (Å²) in [4.78, 5) is 0. The zero-order chi connectivity index (χ0) is 12.5. The Morgan fingerprint density at radius 1 is 1.00 bits per heavy atom. The molecule has 1 unspecified atom stereocenters. The molecule has 1 aliphatic heterocycles. The Bertz CT molecular complexity index is 580. The van der Waals surface area contributed by atoms with E-state index in [2.05, 4.69) is 18.2 Å². The van der Waals surface area contributed by atoms with Gasteiger partial charge in [-0.3, -0.25) is 0 Å². The van der Waals surface area contributed by atoms with Crippen LogP contribution in [0.4, 0.5) is 0 Å². The molecule has 0 saturated heterocycles. The van der Waals surface area contributed by atoms with Crippen molar-refractivity contribution >= 4 is 23.2 Å². The first-order valence-corrected chi connectivity index (χ1v) is 6.65. The Morgan fingerprint density at radius 2 is 1.78 bits per heavy atom. The Kier molecular flexibility index (Phi) is 3.29. The van der Waals surface area contributed by atoms with E-state index in [1.165, 1.54) is 11.1 Å². The quantitative estimate of drug-likeness (QED) is 0.724. The fourth-order valence-electron chi connectivity index (χ4n) is 2.21. The Balaban J connectivity index is 1.98. The van der Waals surface area contributed by atoms with Gasteiger partial charge in [-0.1, -0.05) is 48.0 Å². The van der Waals surface area contributed by atoms with E-state index in [0.29, 0.717) is 18.2 Å². The van der Waals surface area contributed by atoms with Crippen LogP contribution in [0.25, 0.3) is 0 Å². The van der Waals surface area contributed by atoms with Crippen molar-refractivity contribution in [3.05, 3.63) is 69.7 Å². The lowest BCUT2D eigenvalue weighted by Gasteiger charge is -2.13. The maximum Gasteiger partial charge on any atom is 0.0849 e. The first-order valence-electron chi connectivity index (χ1n) is 5.83. The largest absolute Gasteiger partial charge is 0.372 e. The van der Waals surface area contributed by atoms with Crippen molar-refractivity contribution in [2.45, 2.75) is 18.6 Å². The van der Waals surface area contributed by atoms with E-state index in [1.807, 2.05) is 24.3 Å². The van der Waals surface area contributed by atoms with E-state index in [-0.39, 0.29) is 5.38 Å². The third-order valence-corrected chi connectivity index (χ3v) is 4.05. The van der Waals surface area contributed by atoms with Crippen LogP contribution in [-0.4, -0.2) is 0 Å². The summed E-state index contributed by atoms with van der Waals surface area (Å²) in [5, 5.41) is 0.485. The molecule has 0 spiro atoms. The molecule has 1 aliphatic rings. The van der Waals surface area contributed by atoms with Crippen LogP contribution in [0.3, 0.4) is 0 Å². The van der Waals surface area contributed by atoms with Crippen LogP contribution < -0.4 is 0 Å². The number of alkyl halides is 1. The summed E-state index contributed by atoms with van der Waals surface area (Å²) in [7, 11) is 0. The lowest BCUT2D eigenvalue weighted by atomic mass is 10.00. The summed E-state index contributed by atoms with van der Waals surface area (Å²) in [5.41, 5.74) is 4.49. The van der Waals surface area contributed by atoms with Crippen LogP contribution >= 0.6 is 23.2 Å². The smallest absolute Gasteiger partial charge is 0.0849 e. The number of halogens is 2. The summed E-state index contributed by atoms with van der Waals surface area (Å²) in [6.45, 7) is 1.38. The highest BCUT2D eigenvalue weighted by molar-refractivity contribution is 6.33. The van der Waals surface area contributed by atoms with Gasteiger partial charge in [0, 0.05) is 5.02 Å². The van der Waals surface area contributed by atoms with Gasteiger partial charge in [0.1, 0.15) is 0 Å². The number of rotatable bonds is 2. The van der Waals surface area contributed by atoms with Crippen LogP contribution in [0.5, 0.6) is 0 Å². The molecule has 1 nitrogen and oxygen atoms in total. The van der Waals surface area contributed by atoms with Crippen molar-refractivity contribution in [3.8, 4) is 0 Å². The molecule has 0 aliphatic carbocycles. The molecular formula is C15H12Cl2O. The molecule has 18 heavy (non-hydrogen) atoms. The lowest BCUT2D eigenvalue weighted by molar-refractivity contribution is 0.134. The molecular weight excluding hydrogens is 267 g/mol. The van der Waals surface area contributed by atoms with Gasteiger partial charge in [0.15, 0.2) is 0 Å². The first kappa shape index (κ1) is 12.0. The highest BCUT2D eigenvalue weighted by Gasteiger charge is 2.17. The van der Waals surface area contributed by atoms with Gasteiger partial charge in [0.25, 0.3) is 0 Å². The van der Waals surface area contributed by atoms with E-state index in [9.17, 15) is 0 Å². The summed E-state index contributed by atoms with van der Waals surface area (Å²) >= 11 is 12.7. The van der Waals surface area contributed by atoms with E-state index in [4.69, 9.17) is 27.9 Å². The first-order chi connectivity index (χ1) is 8.75. The topological polar surface area (TPSA) is 9.23 Å². The molecule has 3 rings (SSSR count). The molecule has 0 N–H and O–H groups in total. The molecule has 92 valence electrons. The standard InChI is InChI=1S/C15H12Cl2O/c16-14-4-2-1-3-13(14)15(17)10-5-6-11-8-18-9-12(11)7-10/h1-7,15H,8-9H2. The van der Waals surface area contributed by atoms with Crippen LogP contribution in [0.15, 0.2) is 42.5 Å². The predicted molar refractivity (Wildman–Crippen MR) is 74.1 cm³/mol. The number of fused-ring (bicyclic) bond motifs is 1. The van der Waals surface area contributed by atoms with E-state index < -0.39 is 0 Å². The highest BCUT2D eigenvalue weighted by Crippen LogP contribution is 2.35. The van der Waals surface area contributed by atoms with Gasteiger partial charge in [-0.25, -0.2) is 0 Å². The number of ether oxygens (including phenoxy) is 1. The number of hydrogen-bond acceptors (Lipinski definition) is 1. The summed E-state index contributed by atoms with van der Waals surface area (Å²) in [6.07, 6.45) is 0. The van der Waals surface area contributed by atoms with Gasteiger partial charge in [-0.05, 0) is 28.3 Å². The van der Waals surface area contributed by atoms with Gasteiger partial charge < -0.3 is 4.74 Å². The average molecular weight is 279 g/mol. The minimum absolute atomic E-state index is 0.218. The van der Waals surface area contributed by atoms with E-state index >= 15 is 0 Å². The fraction of sp³-hybridized carbons (Fsp3) is 0.200. The highest BCUT2D eigenvalue weighted by atomic mass is 35.5. The van der Waals surface area contributed by atoms with Crippen LogP contribution in [0.1, 0.15) is 27.6 Å². The molecule has 2 aromatic rings. The van der Waals surface area contributed by atoms with Gasteiger partial charge in [0.05, 0.1) is 18.6 Å². The van der Waals surface area contributed by atoms with Gasteiger partial charge in [-0.15, -0.1) is 11.6 Å². The molecule has 0 fully saturated rings. The summed E-state index contributed by atoms with van der Waals surface area (Å²) in [5.74, 6) is 0. The molecule has 2 aromatic carbocycles. The average Bonchev–Trinajstić information content (AvgIpc) is 2.85. The minimum atomic E-state index is -0.218. The Labute approximate surface area is 116 Å². The molecule has 0 radical (unpaired) electrons. The summed E-state index contributed by atoms with van der Waals surface area (Å²) < 4.78 is 5.41. The van der Waals surface area contributed by atoms with Gasteiger partial charge in [-0.2, -0.15) is 0 Å². The molecule has 3 heteroatoms. The maximum atomic E-state index is 6.51. The van der Waals surface area contributed by atoms with E-state index in [1.54, 1.807) is 0 Å². The van der Waals surface area contributed by atoms with Crippen molar-refractivity contribution in [2.24, 2.45) is 0 Å². The molecule has 0 aromatic heterocycles. The van der Waals surface area contributed by atoms with Crippen molar-refractivity contribution in [2.75, 3.05) is 0 Å². The lowest BCUT2D eigenvalue weighted by Crippen LogP contribution is -1.96. The molecule has 0 bridgehead atoms. The third-order valence-electron chi connectivity index (χ3n) is 3.22. The Hall–Kier alpha value is -1.02. The second-order valence-electron chi connectivity index (χ2n) is 4.41. The summed E-state index contributed by atoms with van der Waals surface area (Å²) in [6, 6.07) is 13.9. The zero-order valence-corrected chi connectivity index (χ0v) is 11.2. The number of hydrogen-bond donors (Lipinski definition) is 0. The Morgan fingerprint density at radius 3 is 2.61 bits per heavy atom. The van der Waals surface area contributed by atoms with Gasteiger partial charge >= 0.3 is 0 Å². The monoisotopic (exact) mass is 278 g/mol. The molecule has 1 heterocycles. The van der Waals surface area contributed by atoms with Crippen LogP contribution in [0.2, 0.25) is 5.02 Å². The van der Waals surface area contributed by atoms with Crippen molar-refractivity contribution in [3.63, 3.8) is 0 Å². The van der Waals surface area contributed by atoms with Crippen molar-refractivity contribution in [1.29, 1.82) is 0 Å². The molecule has 1 atom stereocenters. The van der Waals surface area contributed by atoms with Crippen LogP contribution in [0, 0.1) is 0 Å². The zero-order valence-electron chi connectivity index (χ0n) is 9.70.